The molecule has 1 aromatic carbocycles. The third-order valence-electron chi connectivity index (χ3n) is 4.41. The highest BCUT2D eigenvalue weighted by molar-refractivity contribution is 5.95. The summed E-state index contributed by atoms with van der Waals surface area (Å²) in [6, 6.07) is 10.7. The second-order valence-corrected chi connectivity index (χ2v) is 5.56. The first-order valence-electron chi connectivity index (χ1n) is 7.07. The monoisotopic (exact) mass is 285 g/mol. The largest absolute Gasteiger partial charge is 0.521 e. The van der Waals surface area contributed by atoms with Crippen LogP contribution in [0.1, 0.15) is 30.3 Å². The number of carbonyl (C=O) groups is 2. The van der Waals surface area contributed by atoms with E-state index >= 15 is 0 Å². The van der Waals surface area contributed by atoms with Crippen molar-refractivity contribution < 1.29 is 19.2 Å². The number of fused-ring (bicyclic) bond motifs is 1. The molecule has 21 heavy (non-hydrogen) atoms. The zero-order valence-corrected chi connectivity index (χ0v) is 11.8. The fourth-order valence-corrected chi connectivity index (χ4v) is 3.14. The number of benzene rings is 1. The molecule has 3 rings (SSSR count). The number of quaternary nitrogens is 1. The zero-order valence-electron chi connectivity index (χ0n) is 11.8. The molecule has 1 aromatic heterocycles. The summed E-state index contributed by atoms with van der Waals surface area (Å²) in [5.74, 6) is -0.418. The van der Waals surface area contributed by atoms with Gasteiger partial charge in [-0.15, -0.1) is 0 Å². The Kier molecular flexibility index (Phi) is 3.22. The van der Waals surface area contributed by atoms with E-state index in [1.54, 1.807) is 6.07 Å². The van der Waals surface area contributed by atoms with Crippen molar-refractivity contribution in [2.24, 2.45) is 0 Å². The van der Waals surface area contributed by atoms with Crippen LogP contribution in [0.25, 0.3) is 10.9 Å². The highest BCUT2D eigenvalue weighted by atomic mass is 16.4. The maximum Gasteiger partial charge on any atom is 0.521 e. The molecule has 0 radical (unpaired) electrons. The van der Waals surface area contributed by atoms with Gasteiger partial charge in [-0.1, -0.05) is 24.3 Å². The van der Waals surface area contributed by atoms with Gasteiger partial charge in [-0.25, -0.2) is 9.78 Å². The highest BCUT2D eigenvalue weighted by Crippen LogP contribution is 2.30. The summed E-state index contributed by atoms with van der Waals surface area (Å²) in [5.41, 5.74) is 0.934. The van der Waals surface area contributed by atoms with Crippen LogP contribution in [-0.2, 0) is 0 Å². The van der Waals surface area contributed by atoms with E-state index in [1.165, 1.54) is 0 Å². The Morgan fingerprint density at radius 1 is 1.24 bits per heavy atom. The lowest BCUT2D eigenvalue weighted by molar-refractivity contribution is -0.786. The number of carboxylic acid groups (broad SMARTS) is 1. The van der Waals surface area contributed by atoms with Crippen molar-refractivity contribution >= 4 is 22.9 Å². The van der Waals surface area contributed by atoms with E-state index in [0.29, 0.717) is 12.1 Å². The summed E-state index contributed by atoms with van der Waals surface area (Å²) < 4.78 is -0.536. The Morgan fingerprint density at radius 3 is 2.67 bits per heavy atom. The number of pyridine rings is 1. The third-order valence-corrected chi connectivity index (χ3v) is 4.41. The van der Waals surface area contributed by atoms with Crippen molar-refractivity contribution in [3.8, 4) is 0 Å². The van der Waals surface area contributed by atoms with Gasteiger partial charge in [0.15, 0.2) is 5.69 Å². The first-order chi connectivity index (χ1) is 10.1. The number of carbonyl (C=O) groups excluding carboxylic acids is 1. The van der Waals surface area contributed by atoms with Crippen molar-refractivity contribution in [1.29, 1.82) is 0 Å². The van der Waals surface area contributed by atoms with E-state index < -0.39 is 16.5 Å². The molecule has 1 unspecified atom stereocenters. The van der Waals surface area contributed by atoms with E-state index in [0.717, 1.165) is 18.2 Å². The Morgan fingerprint density at radius 2 is 2.00 bits per heavy atom. The number of likely N-dealkylation sites (tertiary alicyclic amines) is 1. The maximum absolute atomic E-state index is 12.8. The van der Waals surface area contributed by atoms with Crippen LogP contribution < -0.4 is 0 Å². The van der Waals surface area contributed by atoms with Crippen LogP contribution in [0.5, 0.6) is 0 Å². The molecular formula is C16H17N2O3+. The molecule has 108 valence electrons. The Balaban J connectivity index is 2.08. The summed E-state index contributed by atoms with van der Waals surface area (Å²) in [6.45, 7) is 2.16. The van der Waals surface area contributed by atoms with Crippen LogP contribution in [0, 0.1) is 0 Å². The summed E-state index contributed by atoms with van der Waals surface area (Å²) in [6.07, 6.45) is 0.401. The third kappa shape index (κ3) is 2.01. The number of hydrogen-bond acceptors (Lipinski definition) is 3. The van der Waals surface area contributed by atoms with E-state index in [-0.39, 0.29) is 11.7 Å². The van der Waals surface area contributed by atoms with Gasteiger partial charge in [0.25, 0.3) is 0 Å². The average Bonchev–Trinajstić information content (AvgIpc) is 2.88. The minimum Gasteiger partial charge on any atom is -0.435 e. The average molecular weight is 285 g/mol. The first kappa shape index (κ1) is 13.7. The molecule has 1 aliphatic heterocycles. The van der Waals surface area contributed by atoms with E-state index in [2.05, 4.69) is 4.98 Å². The number of amides is 2. The van der Waals surface area contributed by atoms with E-state index in [4.69, 9.17) is 0 Å². The summed E-state index contributed by atoms with van der Waals surface area (Å²) in [7, 11) is 0. The molecule has 5 heteroatoms. The molecule has 0 aliphatic carbocycles. The van der Waals surface area contributed by atoms with Gasteiger partial charge in [0.1, 0.15) is 6.04 Å². The molecule has 1 N–H and O–H groups in total. The number of hydrogen-bond donors (Lipinski definition) is 1. The van der Waals surface area contributed by atoms with Crippen LogP contribution in [-0.4, -0.2) is 39.2 Å². The SMILES string of the molecule is C[C@@H]1CCC[N+]1(C(=O)O)C(=O)c1ccc2ccccc2n1. The summed E-state index contributed by atoms with van der Waals surface area (Å²) in [5, 5.41) is 10.5. The van der Waals surface area contributed by atoms with Crippen molar-refractivity contribution in [2.45, 2.75) is 25.8 Å². The quantitative estimate of drug-likeness (QED) is 0.818. The standard InChI is InChI=1S/C16H16N2O3/c1-11-5-4-10-18(11,16(20)21)15(19)14-9-8-12-6-2-3-7-13(12)17-14/h2-3,6-9,11H,4-5,10H2,1H3/p+1/t11-,18?/m1/s1. The molecular weight excluding hydrogens is 268 g/mol. The van der Waals surface area contributed by atoms with Gasteiger partial charge in [-0.05, 0) is 19.1 Å². The molecule has 5 nitrogen and oxygen atoms in total. The molecule has 1 aliphatic rings. The lowest BCUT2D eigenvalue weighted by atomic mass is 10.1. The van der Waals surface area contributed by atoms with Crippen LogP contribution >= 0.6 is 0 Å². The Labute approximate surface area is 122 Å². The lowest BCUT2D eigenvalue weighted by Gasteiger charge is -2.29. The zero-order chi connectivity index (χ0) is 15.0. The molecule has 2 amide bonds. The Bertz CT molecular complexity index is 728. The summed E-state index contributed by atoms with van der Waals surface area (Å²) in [4.78, 5) is 28.9. The van der Waals surface area contributed by atoms with Crippen molar-refractivity contribution in [1.82, 2.24) is 4.98 Å². The van der Waals surface area contributed by atoms with Gasteiger partial charge in [0.05, 0.1) is 12.1 Å². The predicted octanol–water partition coefficient (Wildman–Crippen LogP) is 3.05. The maximum atomic E-state index is 12.8. The van der Waals surface area contributed by atoms with Gasteiger partial charge in [-0.3, -0.25) is 0 Å². The van der Waals surface area contributed by atoms with Crippen LogP contribution in [0.2, 0.25) is 0 Å². The van der Waals surface area contributed by atoms with Crippen LogP contribution in [0.15, 0.2) is 36.4 Å². The molecule has 2 atom stereocenters. The first-order valence-corrected chi connectivity index (χ1v) is 7.07. The minimum absolute atomic E-state index is 0.219. The van der Waals surface area contributed by atoms with Crippen molar-refractivity contribution in [3.05, 3.63) is 42.1 Å². The molecule has 2 heterocycles. The van der Waals surface area contributed by atoms with Gasteiger partial charge >= 0.3 is 12.0 Å². The molecule has 1 saturated heterocycles. The lowest BCUT2D eigenvalue weighted by Crippen LogP contribution is -2.58. The predicted molar refractivity (Wildman–Crippen MR) is 77.9 cm³/mol. The molecule has 1 fully saturated rings. The van der Waals surface area contributed by atoms with Gasteiger partial charge in [0.2, 0.25) is 0 Å². The second-order valence-electron chi connectivity index (χ2n) is 5.56. The molecule has 0 spiro atoms. The minimum atomic E-state index is -1.08. The highest BCUT2D eigenvalue weighted by Gasteiger charge is 2.53. The number of imide groups is 1. The molecule has 0 bridgehead atoms. The number of rotatable bonds is 1. The number of aromatic nitrogens is 1. The number of para-hydroxylation sites is 1. The fraction of sp³-hybridized carbons (Fsp3) is 0.312. The van der Waals surface area contributed by atoms with Crippen molar-refractivity contribution in [3.63, 3.8) is 0 Å². The normalized spacial score (nSPS) is 25.1. The molecule has 2 aromatic rings. The van der Waals surface area contributed by atoms with E-state index in [9.17, 15) is 14.7 Å². The number of nitrogens with zero attached hydrogens (tertiary/aromatic N) is 2. The van der Waals surface area contributed by atoms with Gasteiger partial charge < -0.3 is 5.11 Å². The molecule has 0 saturated carbocycles. The van der Waals surface area contributed by atoms with E-state index in [1.807, 2.05) is 37.3 Å². The van der Waals surface area contributed by atoms with Crippen LogP contribution in [0.4, 0.5) is 4.79 Å². The van der Waals surface area contributed by atoms with Crippen molar-refractivity contribution in [2.75, 3.05) is 6.54 Å². The Hall–Kier alpha value is -2.27. The van der Waals surface area contributed by atoms with Gasteiger partial charge in [-0.2, -0.15) is 9.28 Å². The smallest absolute Gasteiger partial charge is 0.435 e. The van der Waals surface area contributed by atoms with Gasteiger partial charge in [0, 0.05) is 18.2 Å². The van der Waals surface area contributed by atoms with Crippen LogP contribution in [0.3, 0.4) is 0 Å². The topological polar surface area (TPSA) is 67.3 Å². The summed E-state index contributed by atoms with van der Waals surface area (Å²) >= 11 is 0. The fourth-order valence-electron chi connectivity index (χ4n) is 3.14. The second kappa shape index (κ2) is 4.93.